The number of carbonyl (C=O) groups is 2. The molecule has 1 saturated heterocycles. The van der Waals surface area contributed by atoms with E-state index in [1.165, 1.54) is 5.56 Å². The minimum Gasteiger partial charge on any atom is -0.493 e. The lowest BCUT2D eigenvalue weighted by molar-refractivity contribution is -0.140. The SMILES string of the molecule is COc1cc2c(cc1OC)CN(C(=O)C1CN(C(=O)c3c[nH]c4ccccc34)C1)CC2. The van der Waals surface area contributed by atoms with Gasteiger partial charge in [0.05, 0.1) is 25.7 Å². The van der Waals surface area contributed by atoms with Crippen molar-refractivity contribution >= 4 is 22.7 Å². The first-order valence-corrected chi connectivity index (χ1v) is 10.5. The van der Waals surface area contributed by atoms with Gasteiger partial charge in [-0.05, 0) is 35.7 Å². The second kappa shape index (κ2) is 7.65. The van der Waals surface area contributed by atoms with Gasteiger partial charge in [0.2, 0.25) is 5.91 Å². The van der Waals surface area contributed by atoms with Gasteiger partial charge >= 0.3 is 0 Å². The molecule has 3 aromatic rings. The maximum absolute atomic E-state index is 13.1. The first-order valence-electron chi connectivity index (χ1n) is 10.5. The predicted molar refractivity (Wildman–Crippen MR) is 116 cm³/mol. The summed E-state index contributed by atoms with van der Waals surface area (Å²) >= 11 is 0. The van der Waals surface area contributed by atoms with Crippen LogP contribution >= 0.6 is 0 Å². The molecule has 2 aliphatic rings. The van der Waals surface area contributed by atoms with Crippen molar-refractivity contribution in [3.05, 3.63) is 59.3 Å². The maximum Gasteiger partial charge on any atom is 0.256 e. The molecule has 0 bridgehead atoms. The van der Waals surface area contributed by atoms with E-state index in [4.69, 9.17) is 9.47 Å². The van der Waals surface area contributed by atoms with E-state index in [-0.39, 0.29) is 17.7 Å². The number of likely N-dealkylation sites (tertiary alicyclic amines) is 1. The van der Waals surface area contributed by atoms with Crippen LogP contribution in [0.4, 0.5) is 0 Å². The van der Waals surface area contributed by atoms with E-state index in [1.54, 1.807) is 25.3 Å². The summed E-state index contributed by atoms with van der Waals surface area (Å²) in [5.41, 5.74) is 3.88. The van der Waals surface area contributed by atoms with Crippen molar-refractivity contribution in [2.24, 2.45) is 5.92 Å². The van der Waals surface area contributed by atoms with Crippen LogP contribution in [0.2, 0.25) is 0 Å². The average Bonchev–Trinajstić information content (AvgIpc) is 3.20. The summed E-state index contributed by atoms with van der Waals surface area (Å²) < 4.78 is 10.8. The number of H-pyrrole nitrogens is 1. The third kappa shape index (κ3) is 3.30. The Morgan fingerprint density at radius 2 is 1.71 bits per heavy atom. The monoisotopic (exact) mass is 419 g/mol. The average molecular weight is 419 g/mol. The molecule has 7 nitrogen and oxygen atoms in total. The highest BCUT2D eigenvalue weighted by Gasteiger charge is 2.39. The number of aromatic nitrogens is 1. The molecule has 7 heteroatoms. The van der Waals surface area contributed by atoms with Gasteiger partial charge in [0.15, 0.2) is 11.5 Å². The second-order valence-electron chi connectivity index (χ2n) is 8.14. The number of nitrogens with one attached hydrogen (secondary N) is 1. The van der Waals surface area contributed by atoms with Crippen LogP contribution in [0.1, 0.15) is 21.5 Å². The maximum atomic E-state index is 13.1. The zero-order valence-electron chi connectivity index (χ0n) is 17.7. The Kier molecular flexibility index (Phi) is 4.81. The fourth-order valence-corrected chi connectivity index (χ4v) is 4.55. The molecule has 0 radical (unpaired) electrons. The Morgan fingerprint density at radius 3 is 2.45 bits per heavy atom. The molecule has 160 valence electrons. The molecule has 5 rings (SSSR count). The number of aromatic amines is 1. The number of ether oxygens (including phenoxy) is 2. The summed E-state index contributed by atoms with van der Waals surface area (Å²) in [5, 5.41) is 0.916. The summed E-state index contributed by atoms with van der Waals surface area (Å²) in [6.07, 6.45) is 2.54. The molecule has 1 fully saturated rings. The Hall–Kier alpha value is -3.48. The van der Waals surface area contributed by atoms with Crippen LogP contribution in [0.3, 0.4) is 0 Å². The number of benzene rings is 2. The molecule has 0 saturated carbocycles. The van der Waals surface area contributed by atoms with Gasteiger partial charge in [-0.25, -0.2) is 0 Å². The Bertz CT molecular complexity index is 1160. The third-order valence-corrected chi connectivity index (χ3v) is 6.37. The van der Waals surface area contributed by atoms with Crippen molar-refractivity contribution in [1.29, 1.82) is 0 Å². The molecular weight excluding hydrogens is 394 g/mol. The normalized spacial score (nSPS) is 16.1. The van der Waals surface area contributed by atoms with Crippen molar-refractivity contribution in [3.63, 3.8) is 0 Å². The molecular formula is C24H25N3O4. The number of carbonyl (C=O) groups excluding carboxylic acids is 2. The smallest absolute Gasteiger partial charge is 0.256 e. The third-order valence-electron chi connectivity index (χ3n) is 6.37. The van der Waals surface area contributed by atoms with Gasteiger partial charge in [-0.2, -0.15) is 0 Å². The first kappa shape index (κ1) is 19.5. The van der Waals surface area contributed by atoms with Crippen LogP contribution in [0, 0.1) is 5.92 Å². The van der Waals surface area contributed by atoms with Gasteiger partial charge < -0.3 is 24.3 Å². The van der Waals surface area contributed by atoms with Gasteiger partial charge in [-0.1, -0.05) is 18.2 Å². The van der Waals surface area contributed by atoms with Gasteiger partial charge in [-0.15, -0.1) is 0 Å². The predicted octanol–water partition coefficient (Wildman–Crippen LogP) is 2.84. The minimum atomic E-state index is -0.143. The van der Waals surface area contributed by atoms with Crippen molar-refractivity contribution in [2.75, 3.05) is 33.9 Å². The molecule has 31 heavy (non-hydrogen) atoms. The molecule has 0 spiro atoms. The highest BCUT2D eigenvalue weighted by Crippen LogP contribution is 2.34. The Labute approximate surface area is 180 Å². The van der Waals surface area contributed by atoms with E-state index in [0.29, 0.717) is 43.2 Å². The van der Waals surface area contributed by atoms with Gasteiger partial charge in [0.25, 0.3) is 5.91 Å². The molecule has 2 aliphatic heterocycles. The van der Waals surface area contributed by atoms with E-state index in [1.807, 2.05) is 41.3 Å². The molecule has 1 N–H and O–H groups in total. The zero-order valence-corrected chi connectivity index (χ0v) is 17.7. The van der Waals surface area contributed by atoms with Crippen LogP contribution < -0.4 is 9.47 Å². The molecule has 2 aromatic carbocycles. The minimum absolute atomic E-state index is 0.0256. The number of rotatable bonds is 4. The van der Waals surface area contributed by atoms with Gasteiger partial charge in [0.1, 0.15) is 0 Å². The quantitative estimate of drug-likeness (QED) is 0.706. The van der Waals surface area contributed by atoms with Gasteiger partial charge in [-0.3, -0.25) is 9.59 Å². The van der Waals surface area contributed by atoms with Crippen molar-refractivity contribution < 1.29 is 19.1 Å². The van der Waals surface area contributed by atoms with E-state index in [9.17, 15) is 9.59 Å². The molecule has 0 atom stereocenters. The van der Waals surface area contributed by atoms with Crippen molar-refractivity contribution in [1.82, 2.24) is 14.8 Å². The van der Waals surface area contributed by atoms with Crippen LogP contribution in [0.5, 0.6) is 11.5 Å². The molecule has 1 aromatic heterocycles. The Balaban J connectivity index is 1.24. The first-order chi connectivity index (χ1) is 15.1. The van der Waals surface area contributed by atoms with Crippen LogP contribution in [0.15, 0.2) is 42.6 Å². The molecule has 0 unspecified atom stereocenters. The molecule has 3 heterocycles. The van der Waals surface area contributed by atoms with E-state index >= 15 is 0 Å². The van der Waals surface area contributed by atoms with Crippen LogP contribution in [-0.4, -0.2) is 60.5 Å². The lowest BCUT2D eigenvalue weighted by Gasteiger charge is -2.41. The topological polar surface area (TPSA) is 74.9 Å². The lowest BCUT2D eigenvalue weighted by atomic mass is 9.94. The van der Waals surface area contributed by atoms with E-state index in [0.717, 1.165) is 22.9 Å². The lowest BCUT2D eigenvalue weighted by Crippen LogP contribution is -2.56. The highest BCUT2D eigenvalue weighted by atomic mass is 16.5. The number of hydrogen-bond donors (Lipinski definition) is 1. The fraction of sp³-hybridized carbons (Fsp3) is 0.333. The number of methoxy groups -OCH3 is 2. The Morgan fingerprint density at radius 1 is 1.00 bits per heavy atom. The van der Waals surface area contributed by atoms with Gasteiger partial charge in [0, 0.05) is 43.3 Å². The van der Waals surface area contributed by atoms with E-state index in [2.05, 4.69) is 4.98 Å². The molecule has 2 amide bonds. The standard InChI is InChI=1S/C24H25N3O4/c1-30-21-9-15-7-8-26(12-16(15)10-22(21)31-2)23(28)17-13-27(14-17)24(29)19-11-25-20-6-4-3-5-18(19)20/h3-6,9-11,17,25H,7-8,12-14H2,1-2H3. The largest absolute Gasteiger partial charge is 0.493 e. The van der Waals surface area contributed by atoms with Crippen LogP contribution in [-0.2, 0) is 17.8 Å². The van der Waals surface area contributed by atoms with Crippen molar-refractivity contribution in [2.45, 2.75) is 13.0 Å². The summed E-state index contributed by atoms with van der Waals surface area (Å²) in [6, 6.07) is 11.7. The summed E-state index contributed by atoms with van der Waals surface area (Å²) in [4.78, 5) is 32.7. The highest BCUT2D eigenvalue weighted by molar-refractivity contribution is 6.07. The van der Waals surface area contributed by atoms with E-state index < -0.39 is 0 Å². The number of para-hydroxylation sites is 1. The number of nitrogens with zero attached hydrogens (tertiary/aromatic N) is 2. The summed E-state index contributed by atoms with van der Waals surface area (Å²) in [5.74, 6) is 1.34. The summed E-state index contributed by atoms with van der Waals surface area (Å²) in [6.45, 7) is 2.16. The number of fused-ring (bicyclic) bond motifs is 2. The molecule has 0 aliphatic carbocycles. The van der Waals surface area contributed by atoms with Crippen molar-refractivity contribution in [3.8, 4) is 11.5 Å². The second-order valence-corrected chi connectivity index (χ2v) is 8.14. The fourth-order valence-electron chi connectivity index (χ4n) is 4.55. The summed E-state index contributed by atoms with van der Waals surface area (Å²) in [7, 11) is 3.24. The number of hydrogen-bond acceptors (Lipinski definition) is 4. The van der Waals surface area contributed by atoms with Crippen LogP contribution in [0.25, 0.3) is 10.9 Å². The zero-order chi connectivity index (χ0) is 21.5. The number of amides is 2.